The molecule has 1 nitrogen and oxygen atoms in total. The molecular weight excluding hydrogens is 110 g/mol. The van der Waals surface area contributed by atoms with Crippen LogP contribution in [0, 0.1) is 17.3 Å². The van der Waals surface area contributed by atoms with Crippen molar-refractivity contribution < 1.29 is 0 Å². The van der Waals surface area contributed by atoms with E-state index in [9.17, 15) is 0 Å². The predicted octanol–water partition coefficient (Wildman–Crippen LogP) is 0.710. The average molecular weight is 121 g/mol. The molecule has 5 atom stereocenters. The molecule has 2 aliphatic carbocycles. The maximum atomic E-state index is 2.68. The van der Waals surface area contributed by atoms with Crippen molar-refractivity contribution in [2.45, 2.75) is 18.9 Å². The summed E-state index contributed by atoms with van der Waals surface area (Å²) in [7, 11) is 0. The van der Waals surface area contributed by atoms with E-state index in [2.05, 4.69) is 4.90 Å². The lowest BCUT2D eigenvalue weighted by Gasteiger charge is -2.30. The summed E-state index contributed by atoms with van der Waals surface area (Å²) in [6.07, 6.45) is 3.20. The van der Waals surface area contributed by atoms with Crippen LogP contribution in [0.3, 0.4) is 0 Å². The molecule has 1 spiro atoms. The second-order valence-electron chi connectivity index (χ2n) is 4.47. The molecule has 2 saturated carbocycles. The van der Waals surface area contributed by atoms with Crippen LogP contribution in [-0.4, -0.2) is 24.0 Å². The van der Waals surface area contributed by atoms with E-state index >= 15 is 0 Å². The molecule has 48 valence electrons. The van der Waals surface area contributed by atoms with Crippen LogP contribution in [-0.2, 0) is 0 Å². The van der Waals surface area contributed by atoms with E-state index in [4.69, 9.17) is 0 Å². The number of piperidine rings is 1. The summed E-state index contributed by atoms with van der Waals surface area (Å²) in [5, 5.41) is 0. The third-order valence-electron chi connectivity index (χ3n) is 4.28. The Bertz CT molecular complexity index is 201. The summed E-state index contributed by atoms with van der Waals surface area (Å²) in [4.78, 5) is 2.68. The van der Waals surface area contributed by atoms with Crippen molar-refractivity contribution in [3.8, 4) is 0 Å². The van der Waals surface area contributed by atoms with Gasteiger partial charge in [-0.15, -0.1) is 0 Å². The number of hydrogen-bond acceptors (Lipinski definition) is 1. The van der Waals surface area contributed by atoms with Crippen LogP contribution in [0.15, 0.2) is 0 Å². The van der Waals surface area contributed by atoms with Crippen molar-refractivity contribution >= 4 is 0 Å². The second-order valence-corrected chi connectivity index (χ2v) is 4.47. The Hall–Kier alpha value is -0.0400. The standard InChI is InChI=1S/C8H11N/c1-5-2-8(5)4-9-3-7(9)6(1)8/h5-7H,1-4H2. The molecule has 2 aliphatic heterocycles. The van der Waals surface area contributed by atoms with Crippen LogP contribution in [0.1, 0.15) is 12.8 Å². The summed E-state index contributed by atoms with van der Waals surface area (Å²) >= 11 is 0. The highest BCUT2D eigenvalue weighted by Gasteiger charge is 2.77. The first-order chi connectivity index (χ1) is 4.40. The van der Waals surface area contributed by atoms with E-state index in [0.717, 1.165) is 11.5 Å². The Kier molecular flexibility index (Phi) is 0.353. The Labute approximate surface area is 55.0 Å². The first kappa shape index (κ1) is 3.97. The van der Waals surface area contributed by atoms with Crippen molar-refractivity contribution in [3.05, 3.63) is 0 Å². The fourth-order valence-electron chi connectivity index (χ4n) is 3.54. The van der Waals surface area contributed by atoms with Gasteiger partial charge in [-0.05, 0) is 30.1 Å². The molecule has 0 bridgehead atoms. The molecule has 0 aromatic rings. The van der Waals surface area contributed by atoms with Gasteiger partial charge >= 0.3 is 0 Å². The molecule has 0 amide bonds. The van der Waals surface area contributed by atoms with E-state index in [-0.39, 0.29) is 0 Å². The fraction of sp³-hybridized carbons (Fsp3) is 1.00. The molecule has 0 N–H and O–H groups in total. The first-order valence-corrected chi connectivity index (χ1v) is 4.14. The largest absolute Gasteiger partial charge is 0.297 e. The van der Waals surface area contributed by atoms with Crippen molar-refractivity contribution in [1.29, 1.82) is 0 Å². The average Bonchev–Trinajstić information content (AvgIpc) is 2.54. The molecule has 4 fully saturated rings. The quantitative estimate of drug-likeness (QED) is 0.426. The Balaban J connectivity index is 1.87. The van der Waals surface area contributed by atoms with Gasteiger partial charge in [0.05, 0.1) is 0 Å². The van der Waals surface area contributed by atoms with Gasteiger partial charge in [0.25, 0.3) is 0 Å². The molecule has 0 radical (unpaired) electrons. The molecule has 4 aliphatic rings. The molecular formula is C8H11N. The van der Waals surface area contributed by atoms with E-state index in [0.29, 0.717) is 0 Å². The maximum absolute atomic E-state index is 2.68. The lowest BCUT2D eigenvalue weighted by atomic mass is 9.73. The zero-order valence-electron chi connectivity index (χ0n) is 5.51. The van der Waals surface area contributed by atoms with Crippen LogP contribution in [0.4, 0.5) is 0 Å². The summed E-state index contributed by atoms with van der Waals surface area (Å²) in [6.45, 7) is 2.95. The Morgan fingerprint density at radius 2 is 2.44 bits per heavy atom. The van der Waals surface area contributed by atoms with Crippen LogP contribution >= 0.6 is 0 Å². The van der Waals surface area contributed by atoms with Crippen molar-refractivity contribution in [3.63, 3.8) is 0 Å². The molecule has 9 heavy (non-hydrogen) atoms. The van der Waals surface area contributed by atoms with Crippen LogP contribution in [0.25, 0.3) is 0 Å². The van der Waals surface area contributed by atoms with Gasteiger partial charge in [0.2, 0.25) is 0 Å². The van der Waals surface area contributed by atoms with Gasteiger partial charge in [0, 0.05) is 19.1 Å². The van der Waals surface area contributed by atoms with E-state index in [1.54, 1.807) is 12.8 Å². The summed E-state index contributed by atoms with van der Waals surface area (Å²) < 4.78 is 0. The highest BCUT2D eigenvalue weighted by atomic mass is 15.4. The normalized spacial score (nSPS) is 80.0. The zero-order valence-corrected chi connectivity index (χ0v) is 5.51. The van der Waals surface area contributed by atoms with Crippen LogP contribution < -0.4 is 0 Å². The minimum atomic E-state index is 0.947. The smallest absolute Gasteiger partial charge is 0.0258 e. The van der Waals surface area contributed by atoms with Gasteiger partial charge in [-0.3, -0.25) is 4.90 Å². The summed E-state index contributed by atoms with van der Waals surface area (Å²) in [5.41, 5.74) is 0.947. The fourth-order valence-corrected chi connectivity index (χ4v) is 3.54. The van der Waals surface area contributed by atoms with Crippen molar-refractivity contribution in [1.82, 2.24) is 4.90 Å². The molecule has 1 heteroatoms. The minimum Gasteiger partial charge on any atom is -0.297 e. The third kappa shape index (κ3) is 0.245. The van der Waals surface area contributed by atoms with Gasteiger partial charge in [-0.2, -0.15) is 0 Å². The van der Waals surface area contributed by atoms with Crippen molar-refractivity contribution in [2.75, 3.05) is 13.1 Å². The van der Waals surface area contributed by atoms with Gasteiger partial charge in [-0.1, -0.05) is 0 Å². The SMILES string of the molecule is C1C2CC23CN2CC2C13. The maximum Gasteiger partial charge on any atom is 0.0258 e. The first-order valence-electron chi connectivity index (χ1n) is 4.14. The summed E-state index contributed by atoms with van der Waals surface area (Å²) in [5.74, 6) is 2.39. The highest BCUT2D eigenvalue weighted by molar-refractivity contribution is 5.28. The molecule has 5 unspecified atom stereocenters. The third-order valence-corrected chi connectivity index (χ3v) is 4.28. The van der Waals surface area contributed by atoms with Crippen LogP contribution in [0.5, 0.6) is 0 Å². The van der Waals surface area contributed by atoms with Gasteiger partial charge in [-0.25, -0.2) is 0 Å². The van der Waals surface area contributed by atoms with Gasteiger partial charge in [0.1, 0.15) is 0 Å². The van der Waals surface area contributed by atoms with E-state index in [1.165, 1.54) is 24.9 Å². The molecule has 2 saturated heterocycles. The molecule has 0 aromatic carbocycles. The number of fused-ring (bicyclic) bond motifs is 2. The van der Waals surface area contributed by atoms with Crippen LogP contribution in [0.2, 0.25) is 0 Å². The minimum absolute atomic E-state index is 0.947. The number of nitrogens with zero attached hydrogens (tertiary/aromatic N) is 1. The topological polar surface area (TPSA) is 3.01 Å². The predicted molar refractivity (Wildman–Crippen MR) is 34.0 cm³/mol. The number of rotatable bonds is 0. The van der Waals surface area contributed by atoms with Gasteiger partial charge < -0.3 is 0 Å². The highest BCUT2D eigenvalue weighted by Crippen LogP contribution is 2.77. The second kappa shape index (κ2) is 0.800. The number of hydrogen-bond donors (Lipinski definition) is 0. The molecule has 2 heterocycles. The zero-order chi connectivity index (χ0) is 5.64. The molecule has 4 rings (SSSR count). The van der Waals surface area contributed by atoms with Gasteiger partial charge in [0.15, 0.2) is 0 Å². The Morgan fingerprint density at radius 1 is 1.44 bits per heavy atom. The Morgan fingerprint density at radius 3 is 3.00 bits per heavy atom. The lowest BCUT2D eigenvalue weighted by Crippen LogP contribution is -2.30. The van der Waals surface area contributed by atoms with Crippen molar-refractivity contribution in [2.24, 2.45) is 17.3 Å². The lowest BCUT2D eigenvalue weighted by molar-refractivity contribution is 0.197. The monoisotopic (exact) mass is 121 g/mol. The summed E-state index contributed by atoms with van der Waals surface area (Å²) in [6, 6.07) is 1.09. The molecule has 0 aromatic heterocycles. The van der Waals surface area contributed by atoms with E-state index in [1.807, 2.05) is 0 Å². The van der Waals surface area contributed by atoms with E-state index < -0.39 is 0 Å².